The number of rotatable bonds is 3. The standard InChI is InChI=1S/C15H9Cl2NO4S/c16-10-2-4-13(12(17)8-10)18-23(20,21)11-3-5-14-9(7-11)1-6-15(19)22-14/h1-8,18H. The Labute approximate surface area is 141 Å². The number of hydrogen-bond donors (Lipinski definition) is 1. The Kier molecular flexibility index (Phi) is 4.06. The quantitative estimate of drug-likeness (QED) is 0.710. The minimum Gasteiger partial charge on any atom is -0.423 e. The van der Waals surface area contributed by atoms with Crippen molar-refractivity contribution >= 4 is 49.9 Å². The minimum absolute atomic E-state index is 0.0184. The van der Waals surface area contributed by atoms with Crippen LogP contribution in [0, 0.1) is 0 Å². The summed E-state index contributed by atoms with van der Waals surface area (Å²) in [5.41, 5.74) is 0.0240. The van der Waals surface area contributed by atoms with Gasteiger partial charge in [0.1, 0.15) is 5.58 Å². The molecule has 0 saturated carbocycles. The summed E-state index contributed by atoms with van der Waals surface area (Å²) in [6.45, 7) is 0. The molecule has 1 aromatic heterocycles. The van der Waals surface area contributed by atoms with E-state index < -0.39 is 15.6 Å². The predicted octanol–water partition coefficient (Wildman–Crippen LogP) is 3.90. The van der Waals surface area contributed by atoms with Gasteiger partial charge in [0.2, 0.25) is 0 Å². The summed E-state index contributed by atoms with van der Waals surface area (Å²) < 4.78 is 32.3. The molecule has 0 amide bonds. The lowest BCUT2D eigenvalue weighted by Gasteiger charge is -2.10. The Morgan fingerprint density at radius 3 is 2.48 bits per heavy atom. The van der Waals surface area contributed by atoms with Crippen molar-refractivity contribution in [2.75, 3.05) is 4.72 Å². The maximum absolute atomic E-state index is 12.5. The molecule has 3 aromatic rings. The first-order valence-corrected chi connectivity index (χ1v) is 8.61. The average Bonchev–Trinajstić information content (AvgIpc) is 2.49. The van der Waals surface area contributed by atoms with Crippen LogP contribution in [0.4, 0.5) is 5.69 Å². The second kappa shape index (κ2) is 5.88. The van der Waals surface area contributed by atoms with Crippen molar-refractivity contribution in [2.24, 2.45) is 0 Å². The van der Waals surface area contributed by atoms with Gasteiger partial charge in [0.15, 0.2) is 0 Å². The second-order valence-corrected chi connectivity index (χ2v) is 7.21. The number of fused-ring (bicyclic) bond motifs is 1. The Bertz CT molecular complexity index is 1060. The third-order valence-electron chi connectivity index (χ3n) is 3.08. The molecule has 3 rings (SSSR count). The molecule has 0 aliphatic heterocycles. The van der Waals surface area contributed by atoms with Crippen molar-refractivity contribution < 1.29 is 12.8 Å². The van der Waals surface area contributed by atoms with Gasteiger partial charge >= 0.3 is 5.63 Å². The van der Waals surface area contributed by atoms with E-state index in [1.165, 1.54) is 48.5 Å². The zero-order valence-electron chi connectivity index (χ0n) is 11.4. The molecule has 0 saturated heterocycles. The van der Waals surface area contributed by atoms with Gasteiger partial charge in [-0.1, -0.05) is 23.2 Å². The van der Waals surface area contributed by atoms with Crippen molar-refractivity contribution in [1.82, 2.24) is 0 Å². The Hall–Kier alpha value is -2.02. The summed E-state index contributed by atoms with van der Waals surface area (Å²) in [7, 11) is -3.85. The number of halogens is 2. The lowest BCUT2D eigenvalue weighted by atomic mass is 10.2. The number of sulfonamides is 1. The van der Waals surface area contributed by atoms with Crippen LogP contribution >= 0.6 is 23.2 Å². The number of hydrogen-bond acceptors (Lipinski definition) is 4. The monoisotopic (exact) mass is 369 g/mol. The first-order chi connectivity index (χ1) is 10.8. The highest BCUT2D eigenvalue weighted by Gasteiger charge is 2.16. The van der Waals surface area contributed by atoms with Crippen LogP contribution in [0.25, 0.3) is 11.0 Å². The maximum atomic E-state index is 12.5. The van der Waals surface area contributed by atoms with Gasteiger partial charge < -0.3 is 4.42 Å². The van der Waals surface area contributed by atoms with E-state index >= 15 is 0 Å². The number of nitrogens with one attached hydrogen (secondary N) is 1. The largest absolute Gasteiger partial charge is 0.423 e. The van der Waals surface area contributed by atoms with Gasteiger partial charge in [-0.05, 0) is 42.5 Å². The molecule has 2 aromatic carbocycles. The molecule has 0 radical (unpaired) electrons. The van der Waals surface area contributed by atoms with E-state index in [0.717, 1.165) is 0 Å². The number of anilines is 1. The predicted molar refractivity (Wildman–Crippen MR) is 89.8 cm³/mol. The van der Waals surface area contributed by atoms with Crippen molar-refractivity contribution in [2.45, 2.75) is 4.90 Å². The van der Waals surface area contributed by atoms with Gasteiger partial charge in [-0.2, -0.15) is 0 Å². The molecule has 0 unspecified atom stereocenters. The molecule has 1 heterocycles. The van der Waals surface area contributed by atoms with Crippen molar-refractivity contribution in [3.05, 3.63) is 69.0 Å². The molecule has 118 valence electrons. The van der Waals surface area contributed by atoms with Crippen molar-refractivity contribution in [3.63, 3.8) is 0 Å². The van der Waals surface area contributed by atoms with Gasteiger partial charge in [0.05, 0.1) is 15.6 Å². The van der Waals surface area contributed by atoms with Crippen LogP contribution in [-0.2, 0) is 10.0 Å². The van der Waals surface area contributed by atoms with E-state index in [9.17, 15) is 13.2 Å². The van der Waals surface area contributed by atoms with Gasteiger partial charge in [0.25, 0.3) is 10.0 Å². The molecule has 0 aliphatic carbocycles. The molecule has 8 heteroatoms. The fraction of sp³-hybridized carbons (Fsp3) is 0. The Morgan fingerprint density at radius 2 is 1.74 bits per heavy atom. The molecule has 0 spiro atoms. The maximum Gasteiger partial charge on any atom is 0.336 e. The smallest absolute Gasteiger partial charge is 0.336 e. The molecule has 0 fully saturated rings. The van der Waals surface area contributed by atoms with E-state index in [1.807, 2.05) is 0 Å². The van der Waals surface area contributed by atoms with Crippen LogP contribution < -0.4 is 10.3 Å². The van der Waals surface area contributed by atoms with Crippen LogP contribution in [0.3, 0.4) is 0 Å². The van der Waals surface area contributed by atoms with Crippen molar-refractivity contribution in [3.8, 4) is 0 Å². The molecule has 5 nitrogen and oxygen atoms in total. The highest BCUT2D eigenvalue weighted by molar-refractivity contribution is 7.92. The molecular weight excluding hydrogens is 361 g/mol. The summed E-state index contributed by atoms with van der Waals surface area (Å²) in [4.78, 5) is 11.2. The van der Waals surface area contributed by atoms with Crippen LogP contribution in [0.15, 0.2) is 62.6 Å². The summed E-state index contributed by atoms with van der Waals surface area (Å²) in [6.07, 6.45) is 0. The van der Waals surface area contributed by atoms with E-state index in [2.05, 4.69) is 4.72 Å². The lowest BCUT2D eigenvalue weighted by molar-refractivity contribution is 0.560. The van der Waals surface area contributed by atoms with E-state index in [0.29, 0.717) is 16.0 Å². The Balaban J connectivity index is 2.02. The normalized spacial score (nSPS) is 11.6. The van der Waals surface area contributed by atoms with Crippen LogP contribution in [-0.4, -0.2) is 8.42 Å². The molecule has 0 aliphatic rings. The zero-order chi connectivity index (χ0) is 16.6. The minimum atomic E-state index is -3.85. The topological polar surface area (TPSA) is 76.4 Å². The molecule has 0 atom stereocenters. The Morgan fingerprint density at radius 1 is 0.957 bits per heavy atom. The third kappa shape index (κ3) is 3.34. The van der Waals surface area contributed by atoms with Crippen LogP contribution in [0.1, 0.15) is 0 Å². The molecule has 0 bridgehead atoms. The highest BCUT2D eigenvalue weighted by atomic mass is 35.5. The average molecular weight is 370 g/mol. The fourth-order valence-corrected chi connectivity index (χ4v) is 3.62. The number of benzene rings is 2. The zero-order valence-corrected chi connectivity index (χ0v) is 13.7. The summed E-state index contributed by atoms with van der Waals surface area (Å²) in [5.74, 6) is 0. The summed E-state index contributed by atoms with van der Waals surface area (Å²) in [6, 6.07) is 11.3. The second-order valence-electron chi connectivity index (χ2n) is 4.68. The van der Waals surface area contributed by atoms with Gasteiger partial charge in [-0.25, -0.2) is 13.2 Å². The van der Waals surface area contributed by atoms with E-state index in [-0.39, 0.29) is 15.6 Å². The first kappa shape index (κ1) is 15.9. The lowest BCUT2D eigenvalue weighted by Crippen LogP contribution is -2.13. The fourth-order valence-electron chi connectivity index (χ4n) is 1.99. The van der Waals surface area contributed by atoms with Crippen LogP contribution in [0.2, 0.25) is 10.0 Å². The molecule has 23 heavy (non-hydrogen) atoms. The highest BCUT2D eigenvalue weighted by Crippen LogP contribution is 2.28. The van der Waals surface area contributed by atoms with Crippen LogP contribution in [0.5, 0.6) is 0 Å². The molecular formula is C15H9Cl2NO4S. The van der Waals surface area contributed by atoms with Gasteiger partial charge in [-0.3, -0.25) is 4.72 Å². The van der Waals surface area contributed by atoms with Gasteiger partial charge in [-0.15, -0.1) is 0 Å². The first-order valence-electron chi connectivity index (χ1n) is 6.37. The van der Waals surface area contributed by atoms with Gasteiger partial charge in [0, 0.05) is 16.5 Å². The third-order valence-corrected chi connectivity index (χ3v) is 4.99. The SMILES string of the molecule is O=c1ccc2cc(S(=O)(=O)Nc3ccc(Cl)cc3Cl)ccc2o1. The molecule has 1 N–H and O–H groups in total. The van der Waals surface area contributed by atoms with E-state index in [4.69, 9.17) is 27.6 Å². The van der Waals surface area contributed by atoms with Crippen molar-refractivity contribution in [1.29, 1.82) is 0 Å². The summed E-state index contributed by atoms with van der Waals surface area (Å²) >= 11 is 11.8. The summed E-state index contributed by atoms with van der Waals surface area (Å²) in [5, 5.41) is 1.08. The van der Waals surface area contributed by atoms with E-state index in [1.54, 1.807) is 0 Å².